The quantitative estimate of drug-likeness (QED) is 0.893. The first-order chi connectivity index (χ1) is 7.52. The van der Waals surface area contributed by atoms with Crippen LogP contribution in [0.5, 0.6) is 0 Å². The number of amides is 1. The van der Waals surface area contributed by atoms with E-state index in [1.54, 1.807) is 0 Å². The van der Waals surface area contributed by atoms with Crippen LogP contribution in [-0.2, 0) is 4.79 Å². The lowest BCUT2D eigenvalue weighted by Crippen LogP contribution is -2.20. The molecule has 16 heavy (non-hydrogen) atoms. The summed E-state index contributed by atoms with van der Waals surface area (Å²) in [6, 6.07) is 5.86. The second-order valence-corrected chi connectivity index (χ2v) is 4.93. The van der Waals surface area contributed by atoms with E-state index in [9.17, 15) is 4.79 Å². The number of anilines is 1. The first-order valence-electron chi connectivity index (χ1n) is 5.29. The fourth-order valence-corrected chi connectivity index (χ4v) is 1.68. The van der Waals surface area contributed by atoms with Crippen molar-refractivity contribution in [3.05, 3.63) is 28.2 Å². The largest absolute Gasteiger partial charge is 0.330 e. The van der Waals surface area contributed by atoms with Gasteiger partial charge in [-0.15, -0.1) is 0 Å². The second-order valence-electron chi connectivity index (χ2n) is 4.08. The van der Waals surface area contributed by atoms with Crippen molar-refractivity contribution >= 4 is 27.5 Å². The summed E-state index contributed by atoms with van der Waals surface area (Å²) >= 11 is 3.40. The van der Waals surface area contributed by atoms with Crippen LogP contribution in [0.1, 0.15) is 18.9 Å². The molecule has 3 N–H and O–H groups in total. The normalized spacial score (nSPS) is 12.2. The van der Waals surface area contributed by atoms with Gasteiger partial charge in [-0.2, -0.15) is 0 Å². The molecule has 0 aliphatic rings. The van der Waals surface area contributed by atoms with Gasteiger partial charge in [0.2, 0.25) is 5.91 Å². The maximum absolute atomic E-state index is 11.7. The standard InChI is InChI=1S/C12H17BrN2O/c1-8-3-4-10(13)11(5-8)15-12(16)6-9(2)7-14/h3-5,9H,6-7,14H2,1-2H3,(H,15,16). The summed E-state index contributed by atoms with van der Waals surface area (Å²) in [5.41, 5.74) is 7.41. The van der Waals surface area contributed by atoms with E-state index in [1.165, 1.54) is 0 Å². The Balaban J connectivity index is 2.65. The van der Waals surface area contributed by atoms with Crippen LogP contribution in [-0.4, -0.2) is 12.5 Å². The summed E-state index contributed by atoms with van der Waals surface area (Å²) in [7, 11) is 0. The smallest absolute Gasteiger partial charge is 0.224 e. The Bertz CT molecular complexity index is 379. The third-order valence-corrected chi connectivity index (χ3v) is 3.02. The number of nitrogens with two attached hydrogens (primary N) is 1. The second kappa shape index (κ2) is 6.01. The fraction of sp³-hybridized carbons (Fsp3) is 0.417. The number of carbonyl (C=O) groups is 1. The number of benzene rings is 1. The maximum atomic E-state index is 11.7. The lowest BCUT2D eigenvalue weighted by atomic mass is 10.1. The molecular formula is C12H17BrN2O. The van der Waals surface area contributed by atoms with E-state index in [0.29, 0.717) is 13.0 Å². The number of hydrogen-bond donors (Lipinski definition) is 2. The molecule has 0 aliphatic heterocycles. The molecule has 1 aromatic rings. The number of nitrogens with one attached hydrogen (secondary N) is 1. The van der Waals surface area contributed by atoms with Crippen LogP contribution in [0.2, 0.25) is 0 Å². The van der Waals surface area contributed by atoms with Crippen molar-refractivity contribution in [2.45, 2.75) is 20.3 Å². The first-order valence-corrected chi connectivity index (χ1v) is 6.08. The Morgan fingerprint density at radius 3 is 2.88 bits per heavy atom. The average molecular weight is 285 g/mol. The molecule has 1 amide bonds. The van der Waals surface area contributed by atoms with Crippen molar-refractivity contribution in [1.82, 2.24) is 0 Å². The highest BCUT2D eigenvalue weighted by Crippen LogP contribution is 2.23. The Labute approximate surface area is 105 Å². The SMILES string of the molecule is Cc1ccc(Br)c(NC(=O)CC(C)CN)c1. The molecule has 0 bridgehead atoms. The molecule has 0 aromatic heterocycles. The van der Waals surface area contributed by atoms with Crippen LogP contribution in [0.3, 0.4) is 0 Å². The van der Waals surface area contributed by atoms with E-state index in [0.717, 1.165) is 15.7 Å². The lowest BCUT2D eigenvalue weighted by Gasteiger charge is -2.11. The number of rotatable bonds is 4. The Kier molecular flexibility index (Phi) is 4.96. The number of carbonyl (C=O) groups excluding carboxylic acids is 1. The Morgan fingerprint density at radius 2 is 2.25 bits per heavy atom. The highest BCUT2D eigenvalue weighted by atomic mass is 79.9. The minimum atomic E-state index is 0.00394. The van der Waals surface area contributed by atoms with Crippen LogP contribution in [0.4, 0.5) is 5.69 Å². The lowest BCUT2D eigenvalue weighted by molar-refractivity contribution is -0.116. The zero-order chi connectivity index (χ0) is 12.1. The fourth-order valence-electron chi connectivity index (χ4n) is 1.34. The third kappa shape index (κ3) is 3.94. The average Bonchev–Trinajstić information content (AvgIpc) is 2.23. The molecule has 0 saturated carbocycles. The predicted octanol–water partition coefficient (Wildman–Crippen LogP) is 2.68. The van der Waals surface area contributed by atoms with Crippen molar-refractivity contribution in [1.29, 1.82) is 0 Å². The minimum Gasteiger partial charge on any atom is -0.330 e. The molecule has 0 spiro atoms. The van der Waals surface area contributed by atoms with Crippen LogP contribution in [0, 0.1) is 12.8 Å². The monoisotopic (exact) mass is 284 g/mol. The number of aryl methyl sites for hydroxylation is 1. The van der Waals surface area contributed by atoms with E-state index in [2.05, 4.69) is 21.2 Å². The first kappa shape index (κ1) is 13.2. The topological polar surface area (TPSA) is 55.1 Å². The summed E-state index contributed by atoms with van der Waals surface area (Å²) in [5.74, 6) is 0.216. The molecule has 0 aliphatic carbocycles. The molecule has 0 heterocycles. The number of halogens is 1. The van der Waals surface area contributed by atoms with Crippen LogP contribution in [0.25, 0.3) is 0 Å². The van der Waals surface area contributed by atoms with E-state index in [1.807, 2.05) is 32.0 Å². The Morgan fingerprint density at radius 1 is 1.56 bits per heavy atom. The summed E-state index contributed by atoms with van der Waals surface area (Å²) in [5, 5.41) is 2.87. The van der Waals surface area contributed by atoms with Gasteiger partial charge < -0.3 is 11.1 Å². The maximum Gasteiger partial charge on any atom is 0.224 e. The Hall–Kier alpha value is -0.870. The van der Waals surface area contributed by atoms with Crippen molar-refractivity contribution < 1.29 is 4.79 Å². The van der Waals surface area contributed by atoms with Crippen molar-refractivity contribution in [3.8, 4) is 0 Å². The van der Waals surface area contributed by atoms with Gasteiger partial charge in [0, 0.05) is 10.9 Å². The third-order valence-electron chi connectivity index (χ3n) is 2.33. The molecule has 1 unspecified atom stereocenters. The molecule has 0 radical (unpaired) electrons. The highest BCUT2D eigenvalue weighted by Gasteiger charge is 2.09. The minimum absolute atomic E-state index is 0.00394. The molecule has 0 fully saturated rings. The van der Waals surface area contributed by atoms with Crippen LogP contribution in [0.15, 0.2) is 22.7 Å². The number of hydrogen-bond acceptors (Lipinski definition) is 2. The van der Waals surface area contributed by atoms with Crippen molar-refractivity contribution in [3.63, 3.8) is 0 Å². The molecule has 1 aromatic carbocycles. The van der Waals surface area contributed by atoms with Gasteiger partial charge in [0.15, 0.2) is 0 Å². The predicted molar refractivity (Wildman–Crippen MR) is 70.3 cm³/mol. The van der Waals surface area contributed by atoms with Gasteiger partial charge in [0.1, 0.15) is 0 Å². The molecule has 88 valence electrons. The van der Waals surface area contributed by atoms with Gasteiger partial charge in [0.25, 0.3) is 0 Å². The van der Waals surface area contributed by atoms with Gasteiger partial charge in [-0.25, -0.2) is 0 Å². The molecule has 1 atom stereocenters. The van der Waals surface area contributed by atoms with E-state index in [4.69, 9.17) is 5.73 Å². The molecule has 3 nitrogen and oxygen atoms in total. The van der Waals surface area contributed by atoms with Gasteiger partial charge in [-0.3, -0.25) is 4.79 Å². The van der Waals surface area contributed by atoms with Crippen molar-refractivity contribution in [2.75, 3.05) is 11.9 Å². The zero-order valence-corrected chi connectivity index (χ0v) is 11.2. The molecule has 0 saturated heterocycles. The van der Waals surface area contributed by atoms with Gasteiger partial charge in [0.05, 0.1) is 5.69 Å². The summed E-state index contributed by atoms with van der Waals surface area (Å²) < 4.78 is 0.895. The van der Waals surface area contributed by atoms with Crippen LogP contribution < -0.4 is 11.1 Å². The molecular weight excluding hydrogens is 268 g/mol. The summed E-state index contributed by atoms with van der Waals surface area (Å²) in [6.45, 7) is 4.48. The van der Waals surface area contributed by atoms with Gasteiger partial charge >= 0.3 is 0 Å². The summed E-state index contributed by atoms with van der Waals surface area (Å²) in [6.07, 6.45) is 0.455. The zero-order valence-electron chi connectivity index (χ0n) is 9.59. The van der Waals surface area contributed by atoms with Crippen LogP contribution >= 0.6 is 15.9 Å². The van der Waals surface area contributed by atoms with Crippen molar-refractivity contribution in [2.24, 2.45) is 11.7 Å². The van der Waals surface area contributed by atoms with Gasteiger partial charge in [-0.1, -0.05) is 13.0 Å². The van der Waals surface area contributed by atoms with E-state index in [-0.39, 0.29) is 11.8 Å². The highest BCUT2D eigenvalue weighted by molar-refractivity contribution is 9.10. The van der Waals surface area contributed by atoms with Gasteiger partial charge in [-0.05, 0) is 53.0 Å². The van der Waals surface area contributed by atoms with E-state index < -0.39 is 0 Å². The molecule has 4 heteroatoms. The summed E-state index contributed by atoms with van der Waals surface area (Å²) in [4.78, 5) is 11.7. The van der Waals surface area contributed by atoms with E-state index >= 15 is 0 Å². The molecule has 1 rings (SSSR count).